The second-order valence-corrected chi connectivity index (χ2v) is 5.56. The molecule has 0 bridgehead atoms. The van der Waals surface area contributed by atoms with Crippen LogP contribution >= 0.6 is 11.6 Å². The van der Waals surface area contributed by atoms with Gasteiger partial charge in [-0.3, -0.25) is 4.79 Å². The normalized spacial score (nSPS) is 18.3. The first kappa shape index (κ1) is 13.4. The van der Waals surface area contributed by atoms with Gasteiger partial charge in [0.15, 0.2) is 0 Å². The molecule has 98 valence electrons. The quantitative estimate of drug-likeness (QED) is 0.882. The summed E-state index contributed by atoms with van der Waals surface area (Å²) in [6.07, 6.45) is 1.79. The molecule has 3 nitrogen and oxygen atoms in total. The van der Waals surface area contributed by atoms with Gasteiger partial charge in [-0.05, 0) is 43.6 Å². The van der Waals surface area contributed by atoms with Crippen LogP contribution in [0.5, 0.6) is 0 Å². The third-order valence-electron chi connectivity index (χ3n) is 3.60. The van der Waals surface area contributed by atoms with Crippen LogP contribution in [0.2, 0.25) is 5.02 Å². The number of carbonyl (C=O) groups is 1. The molecule has 4 heteroatoms. The zero-order chi connectivity index (χ0) is 13.0. The molecule has 2 N–H and O–H groups in total. The lowest BCUT2D eigenvalue weighted by Gasteiger charge is -2.32. The van der Waals surface area contributed by atoms with E-state index in [4.69, 9.17) is 11.6 Å². The number of benzene rings is 1. The summed E-state index contributed by atoms with van der Waals surface area (Å²) in [4.78, 5) is 12.2. The first-order chi connectivity index (χ1) is 8.60. The van der Waals surface area contributed by atoms with E-state index in [1.807, 2.05) is 31.2 Å². The van der Waals surface area contributed by atoms with Crippen LogP contribution in [-0.4, -0.2) is 19.0 Å². The van der Waals surface area contributed by atoms with E-state index in [1.165, 1.54) is 0 Å². The summed E-state index contributed by atoms with van der Waals surface area (Å²) in [5.74, 6) is 0.143. The topological polar surface area (TPSA) is 41.1 Å². The lowest BCUT2D eigenvalue weighted by Crippen LogP contribution is -2.45. The predicted octanol–water partition coefficient (Wildman–Crippen LogP) is 2.35. The Hall–Kier alpha value is -1.06. The molecule has 1 amide bonds. The molecule has 1 aromatic carbocycles. The molecule has 2 rings (SSSR count). The van der Waals surface area contributed by atoms with Crippen molar-refractivity contribution in [1.82, 2.24) is 10.6 Å². The summed E-state index contributed by atoms with van der Waals surface area (Å²) < 4.78 is 0. The fraction of sp³-hybridized carbons (Fsp3) is 0.500. The SMILES string of the molecule is CC1(C(=O)NCc2cccc(Cl)c2)CCNCC1. The number of hydrogen-bond donors (Lipinski definition) is 2. The maximum atomic E-state index is 12.2. The van der Waals surface area contributed by atoms with Crippen molar-refractivity contribution in [1.29, 1.82) is 0 Å². The van der Waals surface area contributed by atoms with Crippen molar-refractivity contribution in [2.75, 3.05) is 13.1 Å². The second kappa shape index (κ2) is 5.72. The Balaban J connectivity index is 1.91. The number of rotatable bonds is 3. The van der Waals surface area contributed by atoms with Crippen molar-refractivity contribution in [3.63, 3.8) is 0 Å². The highest BCUT2D eigenvalue weighted by Crippen LogP contribution is 2.28. The lowest BCUT2D eigenvalue weighted by atomic mass is 9.80. The van der Waals surface area contributed by atoms with Crippen LogP contribution in [0.3, 0.4) is 0 Å². The zero-order valence-electron chi connectivity index (χ0n) is 10.6. The second-order valence-electron chi connectivity index (χ2n) is 5.12. The van der Waals surface area contributed by atoms with Crippen LogP contribution < -0.4 is 10.6 Å². The highest BCUT2D eigenvalue weighted by molar-refractivity contribution is 6.30. The first-order valence-corrected chi connectivity index (χ1v) is 6.71. The molecule has 1 aliphatic rings. The maximum absolute atomic E-state index is 12.2. The van der Waals surface area contributed by atoms with Gasteiger partial charge in [-0.1, -0.05) is 30.7 Å². The third kappa shape index (κ3) is 3.24. The molecule has 0 aliphatic carbocycles. The van der Waals surface area contributed by atoms with E-state index < -0.39 is 0 Å². The van der Waals surface area contributed by atoms with E-state index in [1.54, 1.807) is 0 Å². The molecule has 0 saturated carbocycles. The number of nitrogens with one attached hydrogen (secondary N) is 2. The van der Waals surface area contributed by atoms with E-state index in [-0.39, 0.29) is 11.3 Å². The number of amides is 1. The van der Waals surface area contributed by atoms with Crippen molar-refractivity contribution in [2.24, 2.45) is 5.41 Å². The summed E-state index contributed by atoms with van der Waals surface area (Å²) >= 11 is 5.92. The molecule has 1 fully saturated rings. The van der Waals surface area contributed by atoms with Crippen LogP contribution in [-0.2, 0) is 11.3 Å². The van der Waals surface area contributed by atoms with Gasteiger partial charge < -0.3 is 10.6 Å². The molecule has 1 heterocycles. The predicted molar refractivity (Wildman–Crippen MR) is 73.5 cm³/mol. The maximum Gasteiger partial charge on any atom is 0.226 e. The van der Waals surface area contributed by atoms with Gasteiger partial charge in [0.05, 0.1) is 0 Å². The molecule has 0 radical (unpaired) electrons. The fourth-order valence-corrected chi connectivity index (χ4v) is 2.46. The minimum Gasteiger partial charge on any atom is -0.352 e. The summed E-state index contributed by atoms with van der Waals surface area (Å²) in [6, 6.07) is 7.58. The molecular weight excluding hydrogens is 248 g/mol. The van der Waals surface area contributed by atoms with E-state index >= 15 is 0 Å². The van der Waals surface area contributed by atoms with E-state index in [9.17, 15) is 4.79 Å². The Morgan fingerprint density at radius 2 is 2.17 bits per heavy atom. The molecule has 1 saturated heterocycles. The van der Waals surface area contributed by atoms with Crippen LogP contribution in [0.15, 0.2) is 24.3 Å². The van der Waals surface area contributed by atoms with Crippen molar-refractivity contribution >= 4 is 17.5 Å². The Bertz CT molecular complexity index is 428. The van der Waals surface area contributed by atoms with Crippen molar-refractivity contribution < 1.29 is 4.79 Å². The third-order valence-corrected chi connectivity index (χ3v) is 3.83. The largest absolute Gasteiger partial charge is 0.352 e. The number of hydrogen-bond acceptors (Lipinski definition) is 2. The summed E-state index contributed by atoms with van der Waals surface area (Å²) in [5.41, 5.74) is 0.803. The standard InChI is InChI=1S/C14H19ClN2O/c1-14(5-7-16-8-6-14)13(18)17-10-11-3-2-4-12(15)9-11/h2-4,9,16H,5-8,10H2,1H3,(H,17,18). The monoisotopic (exact) mass is 266 g/mol. The Morgan fingerprint density at radius 3 is 2.83 bits per heavy atom. The van der Waals surface area contributed by atoms with Crippen LogP contribution in [0.25, 0.3) is 0 Å². The molecule has 1 aliphatic heterocycles. The van der Waals surface area contributed by atoms with Gasteiger partial charge in [0.25, 0.3) is 0 Å². The summed E-state index contributed by atoms with van der Waals surface area (Å²) in [6.45, 7) is 4.42. The smallest absolute Gasteiger partial charge is 0.226 e. The van der Waals surface area contributed by atoms with Crippen LogP contribution in [0, 0.1) is 5.41 Å². The first-order valence-electron chi connectivity index (χ1n) is 6.34. The number of piperidine rings is 1. The Morgan fingerprint density at radius 1 is 1.44 bits per heavy atom. The van der Waals surface area contributed by atoms with E-state index in [0.717, 1.165) is 31.5 Å². The Kier molecular flexibility index (Phi) is 4.25. The van der Waals surface area contributed by atoms with Gasteiger partial charge in [-0.2, -0.15) is 0 Å². The zero-order valence-corrected chi connectivity index (χ0v) is 11.4. The molecule has 1 aromatic rings. The lowest BCUT2D eigenvalue weighted by molar-refractivity contribution is -0.131. The van der Waals surface area contributed by atoms with Gasteiger partial charge in [0.1, 0.15) is 0 Å². The number of carbonyl (C=O) groups excluding carboxylic acids is 1. The average Bonchev–Trinajstić information content (AvgIpc) is 2.37. The molecule has 18 heavy (non-hydrogen) atoms. The molecule has 0 aromatic heterocycles. The Labute approximate surface area is 113 Å². The minimum absolute atomic E-state index is 0.143. The van der Waals surface area contributed by atoms with Gasteiger partial charge >= 0.3 is 0 Å². The highest BCUT2D eigenvalue weighted by Gasteiger charge is 2.34. The van der Waals surface area contributed by atoms with Gasteiger partial charge in [0, 0.05) is 17.0 Å². The number of halogens is 1. The molecule has 0 atom stereocenters. The van der Waals surface area contributed by atoms with Crippen LogP contribution in [0.4, 0.5) is 0 Å². The van der Waals surface area contributed by atoms with E-state index in [0.29, 0.717) is 11.6 Å². The fourth-order valence-electron chi connectivity index (χ4n) is 2.25. The van der Waals surface area contributed by atoms with Gasteiger partial charge in [-0.25, -0.2) is 0 Å². The van der Waals surface area contributed by atoms with Crippen LogP contribution in [0.1, 0.15) is 25.3 Å². The molecule has 0 spiro atoms. The van der Waals surface area contributed by atoms with Crippen molar-refractivity contribution in [3.05, 3.63) is 34.9 Å². The average molecular weight is 267 g/mol. The van der Waals surface area contributed by atoms with Crippen molar-refractivity contribution in [3.8, 4) is 0 Å². The van der Waals surface area contributed by atoms with Gasteiger partial charge in [-0.15, -0.1) is 0 Å². The summed E-state index contributed by atoms with van der Waals surface area (Å²) in [5, 5.41) is 6.99. The van der Waals surface area contributed by atoms with Gasteiger partial charge in [0.2, 0.25) is 5.91 Å². The van der Waals surface area contributed by atoms with E-state index in [2.05, 4.69) is 10.6 Å². The van der Waals surface area contributed by atoms with Crippen molar-refractivity contribution in [2.45, 2.75) is 26.3 Å². The molecule has 0 unspecified atom stereocenters. The molecular formula is C14H19ClN2O. The minimum atomic E-state index is -0.232. The summed E-state index contributed by atoms with van der Waals surface area (Å²) in [7, 11) is 0. The highest BCUT2D eigenvalue weighted by atomic mass is 35.5.